The van der Waals surface area contributed by atoms with Gasteiger partial charge in [0.15, 0.2) is 5.82 Å². The summed E-state index contributed by atoms with van der Waals surface area (Å²) in [6.07, 6.45) is 7.95. The van der Waals surface area contributed by atoms with E-state index in [0.29, 0.717) is 17.7 Å². The van der Waals surface area contributed by atoms with Crippen molar-refractivity contribution in [2.24, 2.45) is 0 Å². The van der Waals surface area contributed by atoms with Gasteiger partial charge in [-0.3, -0.25) is 5.10 Å². The molecule has 9 heteroatoms. The summed E-state index contributed by atoms with van der Waals surface area (Å²) in [5.74, 6) is 3.28. The zero-order chi connectivity index (χ0) is 19.8. The van der Waals surface area contributed by atoms with Gasteiger partial charge in [0.25, 0.3) is 0 Å². The Kier molecular flexibility index (Phi) is 4.34. The van der Waals surface area contributed by atoms with Crippen LogP contribution in [-0.2, 0) is 0 Å². The van der Waals surface area contributed by atoms with E-state index >= 15 is 0 Å². The minimum atomic E-state index is -0.0886. The van der Waals surface area contributed by atoms with Crippen molar-refractivity contribution in [2.45, 2.75) is 38.5 Å². The van der Waals surface area contributed by atoms with Crippen LogP contribution in [0.5, 0.6) is 0 Å². The van der Waals surface area contributed by atoms with Gasteiger partial charge in [0.2, 0.25) is 5.95 Å². The Morgan fingerprint density at radius 2 is 2.10 bits per heavy atom. The van der Waals surface area contributed by atoms with E-state index < -0.39 is 0 Å². The molecule has 0 aromatic carbocycles. The number of nitrogens with one attached hydrogen (secondary N) is 4. The fourth-order valence-corrected chi connectivity index (χ4v) is 3.38. The maximum absolute atomic E-state index is 4.69. The zero-order valence-corrected chi connectivity index (χ0v) is 16.4. The molecule has 4 aromatic heterocycles. The van der Waals surface area contributed by atoms with E-state index in [1.807, 2.05) is 31.6 Å². The third-order valence-corrected chi connectivity index (χ3v) is 5.18. The number of anilines is 3. The standard InChI is InChI=1S/C20H23N9/c1-3-21-20-24-9-13(11(2)18-23-10-16-14(25-18)6-7-22-16)19(27-20)26-17-8-15(28-29-17)12-4-5-12/h6-12,22H,3-5H2,1-2H3,(H3,21,24,26,27,28,29). The number of hydrogen-bond donors (Lipinski definition) is 4. The Morgan fingerprint density at radius 1 is 1.21 bits per heavy atom. The van der Waals surface area contributed by atoms with Gasteiger partial charge in [-0.15, -0.1) is 0 Å². The topological polar surface area (TPSA) is 120 Å². The Bertz CT molecular complexity index is 1140. The van der Waals surface area contributed by atoms with Crippen molar-refractivity contribution in [3.05, 3.63) is 47.8 Å². The first-order chi connectivity index (χ1) is 14.2. The summed E-state index contributed by atoms with van der Waals surface area (Å²) >= 11 is 0. The summed E-state index contributed by atoms with van der Waals surface area (Å²) in [6, 6.07) is 4.00. The van der Waals surface area contributed by atoms with Crippen molar-refractivity contribution in [3.63, 3.8) is 0 Å². The Morgan fingerprint density at radius 3 is 2.93 bits per heavy atom. The lowest BCUT2D eigenvalue weighted by molar-refractivity contribution is 0.815. The van der Waals surface area contributed by atoms with Gasteiger partial charge in [0.1, 0.15) is 11.6 Å². The van der Waals surface area contributed by atoms with Crippen LogP contribution >= 0.6 is 0 Å². The Labute approximate surface area is 167 Å². The highest BCUT2D eigenvalue weighted by Crippen LogP contribution is 2.40. The van der Waals surface area contributed by atoms with Gasteiger partial charge < -0.3 is 15.6 Å². The molecule has 148 valence electrons. The molecule has 1 unspecified atom stereocenters. The molecule has 1 aliphatic carbocycles. The molecule has 0 radical (unpaired) electrons. The minimum Gasteiger partial charge on any atom is -0.359 e. The van der Waals surface area contributed by atoms with E-state index in [0.717, 1.165) is 34.8 Å². The SMILES string of the molecule is CCNc1ncc(C(C)c2ncc3[nH]ccc3n2)c(Nc2cc(C3CC3)[nH]n2)n1. The van der Waals surface area contributed by atoms with E-state index in [-0.39, 0.29) is 5.92 Å². The first-order valence-electron chi connectivity index (χ1n) is 9.94. The van der Waals surface area contributed by atoms with Crippen LogP contribution in [0.15, 0.2) is 30.7 Å². The van der Waals surface area contributed by atoms with Crippen LogP contribution in [0.3, 0.4) is 0 Å². The largest absolute Gasteiger partial charge is 0.359 e. The molecule has 5 rings (SSSR count). The number of H-pyrrole nitrogens is 2. The number of aromatic nitrogens is 7. The average Bonchev–Trinajstić information content (AvgIpc) is 3.29. The molecule has 1 aliphatic rings. The molecule has 0 bridgehead atoms. The molecule has 0 amide bonds. The molecule has 0 saturated heterocycles. The van der Waals surface area contributed by atoms with Gasteiger partial charge in [-0.25, -0.2) is 15.0 Å². The van der Waals surface area contributed by atoms with Gasteiger partial charge in [0.05, 0.1) is 17.2 Å². The van der Waals surface area contributed by atoms with Crippen molar-refractivity contribution in [2.75, 3.05) is 17.2 Å². The highest BCUT2D eigenvalue weighted by molar-refractivity contribution is 5.73. The van der Waals surface area contributed by atoms with E-state index in [9.17, 15) is 0 Å². The molecule has 9 nitrogen and oxygen atoms in total. The van der Waals surface area contributed by atoms with Gasteiger partial charge >= 0.3 is 0 Å². The first kappa shape index (κ1) is 17.6. The van der Waals surface area contributed by atoms with Crippen LogP contribution in [0.2, 0.25) is 0 Å². The number of aromatic amines is 2. The molecule has 1 fully saturated rings. The molecule has 29 heavy (non-hydrogen) atoms. The molecule has 4 N–H and O–H groups in total. The predicted octanol–water partition coefficient (Wildman–Crippen LogP) is 3.68. The van der Waals surface area contributed by atoms with Gasteiger partial charge in [-0.2, -0.15) is 10.1 Å². The van der Waals surface area contributed by atoms with Crippen LogP contribution in [0.4, 0.5) is 17.6 Å². The van der Waals surface area contributed by atoms with E-state index in [2.05, 4.69) is 53.8 Å². The maximum atomic E-state index is 4.69. The third-order valence-electron chi connectivity index (χ3n) is 5.18. The summed E-state index contributed by atoms with van der Waals surface area (Å²) in [7, 11) is 0. The van der Waals surface area contributed by atoms with Gasteiger partial charge in [-0.1, -0.05) is 6.92 Å². The second kappa shape index (κ2) is 7.16. The van der Waals surface area contributed by atoms with Crippen molar-refractivity contribution in [1.82, 2.24) is 35.1 Å². The zero-order valence-electron chi connectivity index (χ0n) is 16.4. The second-order valence-electron chi connectivity index (χ2n) is 7.36. The molecule has 1 saturated carbocycles. The fraction of sp³-hybridized carbons (Fsp3) is 0.350. The summed E-state index contributed by atoms with van der Waals surface area (Å²) in [6.45, 7) is 4.82. The molecule has 1 atom stereocenters. The highest BCUT2D eigenvalue weighted by atomic mass is 15.2. The predicted molar refractivity (Wildman–Crippen MR) is 111 cm³/mol. The van der Waals surface area contributed by atoms with Gasteiger partial charge in [0, 0.05) is 48.1 Å². The van der Waals surface area contributed by atoms with Crippen LogP contribution < -0.4 is 10.6 Å². The lowest BCUT2D eigenvalue weighted by Gasteiger charge is -2.16. The quantitative estimate of drug-likeness (QED) is 0.380. The van der Waals surface area contributed by atoms with E-state index in [1.54, 1.807) is 0 Å². The number of fused-ring (bicyclic) bond motifs is 1. The van der Waals surface area contributed by atoms with Crippen LogP contribution in [-0.4, -0.2) is 41.7 Å². The molecule has 0 aliphatic heterocycles. The van der Waals surface area contributed by atoms with E-state index in [1.165, 1.54) is 18.5 Å². The van der Waals surface area contributed by atoms with E-state index in [4.69, 9.17) is 4.98 Å². The number of rotatable bonds is 7. The normalized spacial score (nSPS) is 14.8. The molecule has 4 heterocycles. The van der Waals surface area contributed by atoms with Crippen LogP contribution in [0.1, 0.15) is 55.6 Å². The number of nitrogens with zero attached hydrogens (tertiary/aromatic N) is 5. The minimum absolute atomic E-state index is 0.0886. The molecule has 0 spiro atoms. The lowest BCUT2D eigenvalue weighted by atomic mass is 10.0. The summed E-state index contributed by atoms with van der Waals surface area (Å²) in [4.78, 5) is 21.5. The van der Waals surface area contributed by atoms with Crippen molar-refractivity contribution < 1.29 is 0 Å². The second-order valence-corrected chi connectivity index (χ2v) is 7.36. The summed E-state index contributed by atoms with van der Waals surface area (Å²) < 4.78 is 0. The van der Waals surface area contributed by atoms with Crippen molar-refractivity contribution in [1.29, 1.82) is 0 Å². The molecule has 4 aromatic rings. The third kappa shape index (κ3) is 3.51. The van der Waals surface area contributed by atoms with Gasteiger partial charge in [-0.05, 0) is 25.8 Å². The molecular weight excluding hydrogens is 366 g/mol. The molecular formula is C20H23N9. The smallest absolute Gasteiger partial charge is 0.224 e. The highest BCUT2D eigenvalue weighted by Gasteiger charge is 2.26. The first-order valence-corrected chi connectivity index (χ1v) is 9.94. The summed E-state index contributed by atoms with van der Waals surface area (Å²) in [5, 5.41) is 14.1. The number of hydrogen-bond acceptors (Lipinski definition) is 7. The maximum Gasteiger partial charge on any atom is 0.224 e. The lowest BCUT2D eigenvalue weighted by Crippen LogP contribution is -2.10. The Hall–Kier alpha value is -3.49. The fourth-order valence-electron chi connectivity index (χ4n) is 3.38. The monoisotopic (exact) mass is 389 g/mol. The average molecular weight is 389 g/mol. The van der Waals surface area contributed by atoms with Crippen molar-refractivity contribution >= 4 is 28.6 Å². The van der Waals surface area contributed by atoms with Crippen molar-refractivity contribution in [3.8, 4) is 0 Å². The Balaban J connectivity index is 1.49. The van der Waals surface area contributed by atoms with Crippen LogP contribution in [0, 0.1) is 0 Å². The van der Waals surface area contributed by atoms with Crippen LogP contribution in [0.25, 0.3) is 11.0 Å². The summed E-state index contributed by atoms with van der Waals surface area (Å²) in [5.41, 5.74) is 3.90.